The van der Waals surface area contributed by atoms with E-state index in [1.165, 1.54) is 0 Å². The Labute approximate surface area is 114 Å². The van der Waals surface area contributed by atoms with Gasteiger partial charge < -0.3 is 14.7 Å². The van der Waals surface area contributed by atoms with Gasteiger partial charge in [0.2, 0.25) is 0 Å². The number of hydrogen-bond donors (Lipinski definition) is 1. The van der Waals surface area contributed by atoms with Crippen LogP contribution in [-0.2, 0) is 11.2 Å². The number of benzene rings is 1. The minimum absolute atomic E-state index is 0.00512. The zero-order chi connectivity index (χ0) is 13.8. The van der Waals surface area contributed by atoms with Gasteiger partial charge in [0.1, 0.15) is 5.75 Å². The zero-order valence-electron chi connectivity index (χ0n) is 11.6. The summed E-state index contributed by atoms with van der Waals surface area (Å²) in [4.78, 5) is 13.6. The second kappa shape index (κ2) is 6.06. The first kappa shape index (κ1) is 13.9. The van der Waals surface area contributed by atoms with Crippen LogP contribution in [0.25, 0.3) is 0 Å². The lowest BCUT2D eigenvalue weighted by atomic mass is 10.1. The molecule has 1 atom stereocenters. The Balaban J connectivity index is 1.96. The lowest BCUT2D eigenvalue weighted by Gasteiger charge is -2.18. The molecule has 1 aromatic rings. The van der Waals surface area contributed by atoms with Crippen molar-refractivity contribution >= 4 is 5.91 Å². The molecule has 1 N–H and O–H groups in total. The van der Waals surface area contributed by atoms with E-state index in [1.807, 2.05) is 32.0 Å². The topological polar surface area (TPSA) is 49.8 Å². The molecule has 0 saturated heterocycles. The van der Waals surface area contributed by atoms with Crippen LogP contribution in [0, 0.1) is 0 Å². The molecular weight excluding hydrogens is 242 g/mol. The minimum Gasteiger partial charge on any atom is -0.484 e. The highest BCUT2D eigenvalue weighted by Gasteiger charge is 2.20. The number of nitrogens with zero attached hydrogens (tertiary/aromatic N) is 1. The van der Waals surface area contributed by atoms with Crippen LogP contribution in [0.3, 0.4) is 0 Å². The molecule has 0 fully saturated rings. The third-order valence-electron chi connectivity index (χ3n) is 3.64. The normalized spacial score (nSPS) is 17.1. The van der Waals surface area contributed by atoms with Crippen LogP contribution < -0.4 is 4.74 Å². The van der Waals surface area contributed by atoms with E-state index in [-0.39, 0.29) is 18.6 Å². The van der Waals surface area contributed by atoms with Crippen molar-refractivity contribution in [3.8, 4) is 5.75 Å². The van der Waals surface area contributed by atoms with Gasteiger partial charge in [-0.25, -0.2) is 0 Å². The zero-order valence-corrected chi connectivity index (χ0v) is 11.6. The molecule has 0 saturated carbocycles. The maximum absolute atomic E-state index is 11.8. The molecule has 1 aliphatic carbocycles. The monoisotopic (exact) mass is 263 g/mol. The molecule has 19 heavy (non-hydrogen) atoms. The number of hydrogen-bond acceptors (Lipinski definition) is 3. The maximum Gasteiger partial charge on any atom is 0.260 e. The Morgan fingerprint density at radius 3 is 2.84 bits per heavy atom. The summed E-state index contributed by atoms with van der Waals surface area (Å²) in [6.07, 6.45) is 1.30. The number of carbonyl (C=O) groups is 1. The number of aryl methyl sites for hydroxylation is 1. The molecule has 2 rings (SSSR count). The van der Waals surface area contributed by atoms with E-state index < -0.39 is 0 Å². The number of ether oxygens (including phenoxy) is 1. The van der Waals surface area contributed by atoms with Gasteiger partial charge in [0, 0.05) is 13.1 Å². The molecule has 0 bridgehead atoms. The fraction of sp³-hybridized carbons (Fsp3) is 0.533. The van der Waals surface area contributed by atoms with E-state index in [0.29, 0.717) is 18.8 Å². The minimum atomic E-state index is -0.346. The van der Waals surface area contributed by atoms with Crippen molar-refractivity contribution in [1.82, 2.24) is 4.90 Å². The Kier molecular flexibility index (Phi) is 4.43. The van der Waals surface area contributed by atoms with Crippen molar-refractivity contribution in [2.75, 3.05) is 19.7 Å². The van der Waals surface area contributed by atoms with Gasteiger partial charge in [-0.05, 0) is 49.9 Å². The number of aliphatic hydroxyl groups excluding tert-OH is 1. The standard InChI is InChI=1S/C15H21NO3/c1-3-16(4-2)15(18)10-19-12-6-7-13-11(9-12)5-8-14(13)17/h6-7,9,14,17H,3-5,8,10H2,1-2H3/t14-/m0/s1. The van der Waals surface area contributed by atoms with Gasteiger partial charge in [-0.2, -0.15) is 0 Å². The third kappa shape index (κ3) is 3.07. The summed E-state index contributed by atoms with van der Waals surface area (Å²) >= 11 is 0. The van der Waals surface area contributed by atoms with Crippen molar-refractivity contribution in [3.63, 3.8) is 0 Å². The number of rotatable bonds is 5. The van der Waals surface area contributed by atoms with Crippen LogP contribution >= 0.6 is 0 Å². The van der Waals surface area contributed by atoms with Gasteiger partial charge in [-0.15, -0.1) is 0 Å². The SMILES string of the molecule is CCN(CC)C(=O)COc1ccc2c(c1)CC[C@@H]2O. The second-order valence-electron chi connectivity index (χ2n) is 4.77. The lowest BCUT2D eigenvalue weighted by molar-refractivity contribution is -0.132. The Morgan fingerprint density at radius 1 is 1.42 bits per heavy atom. The number of aliphatic hydroxyl groups is 1. The summed E-state index contributed by atoms with van der Waals surface area (Å²) in [7, 11) is 0. The molecule has 4 heteroatoms. The maximum atomic E-state index is 11.8. The van der Waals surface area contributed by atoms with Crippen LogP contribution in [0.1, 0.15) is 37.5 Å². The summed E-state index contributed by atoms with van der Waals surface area (Å²) in [5, 5.41) is 9.73. The molecule has 0 spiro atoms. The first-order valence-electron chi connectivity index (χ1n) is 6.87. The molecule has 0 aliphatic heterocycles. The fourth-order valence-corrected chi connectivity index (χ4v) is 2.47. The van der Waals surface area contributed by atoms with Gasteiger partial charge in [0.15, 0.2) is 6.61 Å². The average molecular weight is 263 g/mol. The molecule has 104 valence electrons. The number of carbonyl (C=O) groups excluding carboxylic acids is 1. The molecule has 1 amide bonds. The first-order valence-corrected chi connectivity index (χ1v) is 6.87. The van der Waals surface area contributed by atoms with E-state index in [0.717, 1.165) is 24.0 Å². The van der Waals surface area contributed by atoms with Crippen molar-refractivity contribution in [2.45, 2.75) is 32.8 Å². The second-order valence-corrected chi connectivity index (χ2v) is 4.77. The molecule has 1 aromatic carbocycles. The Bertz CT molecular complexity index is 455. The number of amides is 1. The summed E-state index contributed by atoms with van der Waals surface area (Å²) in [6, 6.07) is 5.65. The van der Waals surface area contributed by atoms with Crippen LogP contribution in [0.2, 0.25) is 0 Å². The van der Waals surface area contributed by atoms with Crippen LogP contribution in [0.4, 0.5) is 0 Å². The van der Waals surface area contributed by atoms with Gasteiger partial charge in [0.25, 0.3) is 5.91 Å². The van der Waals surface area contributed by atoms with Crippen LogP contribution in [0.15, 0.2) is 18.2 Å². The van der Waals surface area contributed by atoms with Crippen LogP contribution in [0.5, 0.6) is 5.75 Å². The number of fused-ring (bicyclic) bond motifs is 1. The molecule has 0 radical (unpaired) electrons. The van der Waals surface area contributed by atoms with Crippen molar-refractivity contribution in [3.05, 3.63) is 29.3 Å². The van der Waals surface area contributed by atoms with E-state index in [1.54, 1.807) is 4.90 Å². The average Bonchev–Trinajstić information content (AvgIpc) is 2.79. The quantitative estimate of drug-likeness (QED) is 0.883. The van der Waals surface area contributed by atoms with E-state index in [2.05, 4.69) is 0 Å². The van der Waals surface area contributed by atoms with Crippen molar-refractivity contribution in [1.29, 1.82) is 0 Å². The van der Waals surface area contributed by atoms with Gasteiger partial charge in [0.05, 0.1) is 6.10 Å². The summed E-state index contributed by atoms with van der Waals surface area (Å²) in [5.74, 6) is 0.707. The highest BCUT2D eigenvalue weighted by atomic mass is 16.5. The predicted molar refractivity (Wildman–Crippen MR) is 73.1 cm³/mol. The molecule has 0 aromatic heterocycles. The predicted octanol–water partition coefficient (Wildman–Crippen LogP) is 1.91. The van der Waals surface area contributed by atoms with Crippen LogP contribution in [-0.4, -0.2) is 35.6 Å². The van der Waals surface area contributed by atoms with E-state index in [9.17, 15) is 9.90 Å². The van der Waals surface area contributed by atoms with Gasteiger partial charge >= 0.3 is 0 Å². The smallest absolute Gasteiger partial charge is 0.260 e. The highest BCUT2D eigenvalue weighted by molar-refractivity contribution is 5.77. The first-order chi connectivity index (χ1) is 9.15. The number of likely N-dealkylation sites (N-methyl/N-ethyl adjacent to an activating group) is 1. The largest absolute Gasteiger partial charge is 0.484 e. The molecule has 1 aliphatic rings. The van der Waals surface area contributed by atoms with Gasteiger partial charge in [-0.1, -0.05) is 6.07 Å². The summed E-state index contributed by atoms with van der Waals surface area (Å²) in [5.41, 5.74) is 2.11. The Hall–Kier alpha value is -1.55. The fourth-order valence-electron chi connectivity index (χ4n) is 2.47. The molecule has 4 nitrogen and oxygen atoms in total. The molecule has 0 unspecified atom stereocenters. The Morgan fingerprint density at radius 2 is 2.16 bits per heavy atom. The summed E-state index contributed by atoms with van der Waals surface area (Å²) in [6.45, 7) is 5.39. The van der Waals surface area contributed by atoms with E-state index in [4.69, 9.17) is 4.74 Å². The molecular formula is C15H21NO3. The highest BCUT2D eigenvalue weighted by Crippen LogP contribution is 2.33. The van der Waals surface area contributed by atoms with E-state index >= 15 is 0 Å². The summed E-state index contributed by atoms with van der Waals surface area (Å²) < 4.78 is 5.54. The third-order valence-corrected chi connectivity index (χ3v) is 3.64. The lowest BCUT2D eigenvalue weighted by Crippen LogP contribution is -2.34. The van der Waals surface area contributed by atoms with Crippen molar-refractivity contribution in [2.24, 2.45) is 0 Å². The van der Waals surface area contributed by atoms with Gasteiger partial charge in [-0.3, -0.25) is 4.79 Å². The molecule has 0 heterocycles. The van der Waals surface area contributed by atoms with Crippen molar-refractivity contribution < 1.29 is 14.6 Å².